The number of hydrogen-bond acceptors (Lipinski definition) is 5. The first-order valence-corrected chi connectivity index (χ1v) is 10.9. The lowest BCUT2D eigenvalue weighted by Crippen LogP contribution is -2.12. The Morgan fingerprint density at radius 2 is 1.74 bits per heavy atom. The van der Waals surface area contributed by atoms with Gasteiger partial charge in [-0.1, -0.05) is 42.5 Å². The molecule has 0 atom stereocenters. The Morgan fingerprint density at radius 3 is 2.55 bits per heavy atom. The van der Waals surface area contributed by atoms with Crippen molar-refractivity contribution in [2.75, 3.05) is 5.32 Å². The molecule has 4 rings (SSSR count). The molecule has 154 valence electrons. The first-order valence-electron chi connectivity index (χ1n) is 10.0. The first-order chi connectivity index (χ1) is 15.2. The molecule has 4 aromatic rings. The van der Waals surface area contributed by atoms with Gasteiger partial charge < -0.3 is 5.32 Å². The van der Waals surface area contributed by atoms with Crippen LogP contribution in [-0.4, -0.2) is 21.7 Å². The van der Waals surface area contributed by atoms with E-state index in [1.165, 1.54) is 0 Å². The zero-order valence-corrected chi connectivity index (χ0v) is 17.6. The molecule has 0 saturated heterocycles. The Balaban J connectivity index is 1.34. The van der Waals surface area contributed by atoms with Crippen molar-refractivity contribution in [3.8, 4) is 21.8 Å². The Kier molecular flexibility index (Phi) is 6.59. The van der Waals surface area contributed by atoms with Crippen LogP contribution in [0, 0.1) is 0 Å². The molecule has 0 aliphatic heterocycles. The Bertz CT molecular complexity index is 1170. The zero-order valence-electron chi connectivity index (χ0n) is 16.8. The van der Waals surface area contributed by atoms with Crippen molar-refractivity contribution in [2.45, 2.75) is 19.3 Å². The van der Waals surface area contributed by atoms with Gasteiger partial charge in [0, 0.05) is 53.0 Å². The third kappa shape index (κ3) is 5.49. The second kappa shape index (κ2) is 9.91. The van der Waals surface area contributed by atoms with Gasteiger partial charge in [-0.3, -0.25) is 14.6 Å². The number of rotatable bonds is 8. The quantitative estimate of drug-likeness (QED) is 0.357. The molecular weight excluding hydrogens is 406 g/mol. The average Bonchev–Trinajstić information content (AvgIpc) is 3.31. The minimum atomic E-state index is -0.104. The summed E-state index contributed by atoms with van der Waals surface area (Å²) < 4.78 is 0. The molecule has 5 nitrogen and oxygen atoms in total. The smallest absolute Gasteiger partial charge is 0.224 e. The summed E-state index contributed by atoms with van der Waals surface area (Å²) in [7, 11) is 0. The molecule has 31 heavy (non-hydrogen) atoms. The lowest BCUT2D eigenvalue weighted by molar-refractivity contribution is -0.116. The van der Waals surface area contributed by atoms with E-state index in [1.54, 1.807) is 35.9 Å². The fourth-order valence-electron chi connectivity index (χ4n) is 3.19. The molecule has 0 radical (unpaired) electrons. The van der Waals surface area contributed by atoms with Crippen LogP contribution >= 0.6 is 11.3 Å². The van der Waals surface area contributed by atoms with Gasteiger partial charge >= 0.3 is 0 Å². The highest BCUT2D eigenvalue weighted by atomic mass is 32.1. The topological polar surface area (TPSA) is 72.0 Å². The van der Waals surface area contributed by atoms with E-state index in [2.05, 4.69) is 10.3 Å². The summed E-state index contributed by atoms with van der Waals surface area (Å²) in [4.78, 5) is 33.3. The number of nitrogens with one attached hydrogen (secondary N) is 1. The molecule has 0 unspecified atom stereocenters. The lowest BCUT2D eigenvalue weighted by atomic mass is 10.1. The van der Waals surface area contributed by atoms with Crippen LogP contribution in [0.1, 0.15) is 29.6 Å². The SMILES string of the molecule is O=C(CCCC(=O)c1ccccc1)Nc1cccc(-c2csc(-c3cccnc3)n2)c1. The van der Waals surface area contributed by atoms with E-state index in [0.29, 0.717) is 30.5 Å². The molecule has 1 amide bonds. The molecule has 6 heteroatoms. The van der Waals surface area contributed by atoms with E-state index in [4.69, 9.17) is 4.98 Å². The fraction of sp³-hybridized carbons (Fsp3) is 0.120. The summed E-state index contributed by atoms with van der Waals surface area (Å²) in [6.07, 6.45) is 4.70. The Labute approximate surface area is 184 Å². The number of ketones is 1. The highest BCUT2D eigenvalue weighted by Crippen LogP contribution is 2.29. The highest BCUT2D eigenvalue weighted by molar-refractivity contribution is 7.13. The molecule has 0 saturated carbocycles. The van der Waals surface area contributed by atoms with Crippen molar-refractivity contribution in [3.63, 3.8) is 0 Å². The second-order valence-electron chi connectivity index (χ2n) is 7.05. The molecule has 0 fully saturated rings. The van der Waals surface area contributed by atoms with Crippen molar-refractivity contribution in [1.82, 2.24) is 9.97 Å². The van der Waals surface area contributed by atoms with Crippen LogP contribution in [0.25, 0.3) is 21.8 Å². The molecule has 2 aromatic carbocycles. The van der Waals surface area contributed by atoms with Gasteiger partial charge in [-0.2, -0.15) is 0 Å². The van der Waals surface area contributed by atoms with Gasteiger partial charge in [0.2, 0.25) is 5.91 Å². The van der Waals surface area contributed by atoms with Crippen LogP contribution < -0.4 is 5.32 Å². The molecule has 0 aliphatic carbocycles. The van der Waals surface area contributed by atoms with Crippen LogP contribution in [0.4, 0.5) is 5.69 Å². The van der Waals surface area contributed by atoms with E-state index in [0.717, 1.165) is 21.8 Å². The fourth-order valence-corrected chi connectivity index (χ4v) is 4.01. The number of nitrogens with zero attached hydrogens (tertiary/aromatic N) is 2. The number of carbonyl (C=O) groups excluding carboxylic acids is 2. The third-order valence-corrected chi connectivity index (χ3v) is 5.65. The van der Waals surface area contributed by atoms with Crippen LogP contribution in [0.3, 0.4) is 0 Å². The van der Waals surface area contributed by atoms with Crippen molar-refractivity contribution < 1.29 is 9.59 Å². The van der Waals surface area contributed by atoms with Crippen molar-refractivity contribution in [2.24, 2.45) is 0 Å². The third-order valence-electron chi connectivity index (χ3n) is 4.76. The maximum absolute atomic E-state index is 12.3. The number of benzene rings is 2. The Hall–Kier alpha value is -3.64. The van der Waals surface area contributed by atoms with Gasteiger partial charge in [0.05, 0.1) is 5.69 Å². The molecule has 2 aromatic heterocycles. The standard InChI is InChI=1S/C25H21N3O2S/c29-23(18-7-2-1-3-8-18)12-5-13-24(30)27-21-11-4-9-19(15-21)22-17-31-25(28-22)20-10-6-14-26-16-20/h1-4,6-11,14-17H,5,12-13H2,(H,27,30). The summed E-state index contributed by atoms with van der Waals surface area (Å²) in [6.45, 7) is 0. The van der Waals surface area contributed by atoms with Gasteiger partial charge in [-0.25, -0.2) is 4.98 Å². The summed E-state index contributed by atoms with van der Waals surface area (Å²) >= 11 is 1.56. The largest absolute Gasteiger partial charge is 0.326 e. The number of amides is 1. The molecule has 0 spiro atoms. The van der Waals surface area contributed by atoms with Gasteiger partial charge in [0.1, 0.15) is 5.01 Å². The summed E-state index contributed by atoms with van der Waals surface area (Å²) in [6, 6.07) is 20.7. The number of aromatic nitrogens is 2. The van der Waals surface area contributed by atoms with Gasteiger partial charge in [0.15, 0.2) is 5.78 Å². The zero-order chi connectivity index (χ0) is 21.5. The minimum Gasteiger partial charge on any atom is -0.326 e. The van der Waals surface area contributed by atoms with Crippen molar-refractivity contribution in [1.29, 1.82) is 0 Å². The molecule has 0 aliphatic rings. The van der Waals surface area contributed by atoms with Crippen LogP contribution in [-0.2, 0) is 4.79 Å². The lowest BCUT2D eigenvalue weighted by Gasteiger charge is -2.07. The van der Waals surface area contributed by atoms with E-state index in [9.17, 15) is 9.59 Å². The minimum absolute atomic E-state index is 0.0587. The normalized spacial score (nSPS) is 10.6. The number of anilines is 1. The van der Waals surface area contributed by atoms with Crippen LogP contribution in [0.2, 0.25) is 0 Å². The van der Waals surface area contributed by atoms with E-state index in [-0.39, 0.29) is 11.7 Å². The van der Waals surface area contributed by atoms with Gasteiger partial charge in [-0.15, -0.1) is 11.3 Å². The van der Waals surface area contributed by atoms with Crippen molar-refractivity contribution in [3.05, 3.63) is 90.1 Å². The number of carbonyl (C=O) groups is 2. The maximum atomic E-state index is 12.3. The summed E-state index contributed by atoms with van der Waals surface area (Å²) in [5, 5.41) is 5.82. The predicted octanol–water partition coefficient (Wildman–Crippen LogP) is 5.86. The maximum Gasteiger partial charge on any atom is 0.224 e. The predicted molar refractivity (Wildman–Crippen MR) is 124 cm³/mol. The monoisotopic (exact) mass is 427 g/mol. The van der Waals surface area contributed by atoms with Crippen LogP contribution in [0.5, 0.6) is 0 Å². The van der Waals surface area contributed by atoms with Crippen molar-refractivity contribution >= 4 is 28.7 Å². The first kappa shape index (κ1) is 20.6. The summed E-state index contributed by atoms with van der Waals surface area (Å²) in [5.74, 6) is -0.0457. The van der Waals surface area contributed by atoms with E-state index in [1.807, 2.05) is 60.0 Å². The molecule has 2 heterocycles. The molecule has 1 N–H and O–H groups in total. The average molecular weight is 428 g/mol. The van der Waals surface area contributed by atoms with E-state index < -0.39 is 0 Å². The molecular formula is C25H21N3O2S. The number of Topliss-reactive ketones (excluding diaryl/α,β-unsaturated/α-hetero) is 1. The number of pyridine rings is 1. The summed E-state index contributed by atoms with van der Waals surface area (Å²) in [5.41, 5.74) is 4.17. The Morgan fingerprint density at radius 1 is 0.903 bits per heavy atom. The van der Waals surface area contributed by atoms with E-state index >= 15 is 0 Å². The highest BCUT2D eigenvalue weighted by Gasteiger charge is 2.10. The van der Waals surface area contributed by atoms with Gasteiger partial charge in [0.25, 0.3) is 0 Å². The van der Waals surface area contributed by atoms with Gasteiger partial charge in [-0.05, 0) is 30.7 Å². The number of hydrogen-bond donors (Lipinski definition) is 1. The number of thiazole rings is 1. The molecule has 0 bridgehead atoms. The van der Waals surface area contributed by atoms with Crippen LogP contribution in [0.15, 0.2) is 84.5 Å². The second-order valence-corrected chi connectivity index (χ2v) is 7.91.